The molecule has 0 spiro atoms. The number of rotatable bonds is 9. The van der Waals surface area contributed by atoms with Gasteiger partial charge in [-0.1, -0.05) is 26.0 Å². The van der Waals surface area contributed by atoms with Crippen LogP contribution < -0.4 is 10.1 Å². The minimum atomic E-state index is -3.33. The summed E-state index contributed by atoms with van der Waals surface area (Å²) in [7, 11) is -1.82. The first-order valence-corrected chi connectivity index (χ1v) is 11.0. The molecule has 0 aliphatic heterocycles. The molecule has 0 aromatic heterocycles. The Balaban J connectivity index is 2.14. The number of anilines is 1. The van der Waals surface area contributed by atoms with Gasteiger partial charge in [-0.3, -0.25) is 9.59 Å². The van der Waals surface area contributed by atoms with Crippen molar-refractivity contribution < 1.29 is 22.7 Å². The van der Waals surface area contributed by atoms with Crippen molar-refractivity contribution in [1.82, 2.24) is 4.90 Å². The van der Waals surface area contributed by atoms with Crippen LogP contribution in [-0.2, 0) is 14.6 Å². The number of benzene rings is 2. The van der Waals surface area contributed by atoms with Gasteiger partial charge in [-0.15, -0.1) is 0 Å². The molecular weight excluding hydrogens is 392 g/mol. The fourth-order valence-electron chi connectivity index (χ4n) is 2.79. The molecule has 7 nitrogen and oxygen atoms in total. The van der Waals surface area contributed by atoms with E-state index in [1.54, 1.807) is 31.2 Å². The van der Waals surface area contributed by atoms with E-state index in [1.807, 2.05) is 6.92 Å². The molecule has 0 atom stereocenters. The van der Waals surface area contributed by atoms with Gasteiger partial charge < -0.3 is 15.0 Å². The highest BCUT2D eigenvalue weighted by Crippen LogP contribution is 2.23. The molecule has 0 saturated heterocycles. The zero-order valence-corrected chi connectivity index (χ0v) is 17.7. The van der Waals surface area contributed by atoms with E-state index in [2.05, 4.69) is 5.32 Å². The molecule has 0 aliphatic carbocycles. The third-order valence-electron chi connectivity index (χ3n) is 4.34. The van der Waals surface area contributed by atoms with Crippen LogP contribution in [0.25, 0.3) is 0 Å². The number of hydrogen-bond acceptors (Lipinski definition) is 5. The predicted molar refractivity (Wildman–Crippen MR) is 112 cm³/mol. The Morgan fingerprint density at radius 2 is 1.69 bits per heavy atom. The summed E-state index contributed by atoms with van der Waals surface area (Å²) < 4.78 is 29.1. The summed E-state index contributed by atoms with van der Waals surface area (Å²) in [5.41, 5.74) is 0.858. The minimum absolute atomic E-state index is 0.00856. The first-order valence-electron chi connectivity index (χ1n) is 9.37. The number of amides is 2. The number of sulfone groups is 1. The van der Waals surface area contributed by atoms with E-state index in [0.29, 0.717) is 30.0 Å². The molecular formula is C21H26N2O5S. The molecule has 2 aromatic rings. The molecule has 2 aromatic carbocycles. The molecule has 0 heterocycles. The van der Waals surface area contributed by atoms with Crippen LogP contribution in [0.5, 0.6) is 5.75 Å². The van der Waals surface area contributed by atoms with E-state index in [0.717, 1.165) is 0 Å². The summed E-state index contributed by atoms with van der Waals surface area (Å²) in [4.78, 5) is 26.9. The van der Waals surface area contributed by atoms with Gasteiger partial charge in [-0.05, 0) is 42.8 Å². The largest absolute Gasteiger partial charge is 0.495 e. The number of para-hydroxylation sites is 2. The lowest BCUT2D eigenvalue weighted by Crippen LogP contribution is -2.38. The summed E-state index contributed by atoms with van der Waals surface area (Å²) in [6, 6.07) is 12.8. The lowest BCUT2D eigenvalue weighted by atomic mass is 10.2. The van der Waals surface area contributed by atoms with E-state index < -0.39 is 9.84 Å². The molecule has 8 heteroatoms. The predicted octanol–water partition coefficient (Wildman–Crippen LogP) is 2.98. The molecule has 0 unspecified atom stereocenters. The highest BCUT2D eigenvalue weighted by molar-refractivity contribution is 7.91. The molecule has 0 radical (unpaired) electrons. The topological polar surface area (TPSA) is 92.8 Å². The summed E-state index contributed by atoms with van der Waals surface area (Å²) in [5, 5.41) is 2.76. The maximum atomic E-state index is 12.8. The van der Waals surface area contributed by atoms with Crippen molar-refractivity contribution in [3.8, 4) is 5.75 Å². The van der Waals surface area contributed by atoms with Crippen molar-refractivity contribution in [2.24, 2.45) is 0 Å². The average molecular weight is 419 g/mol. The van der Waals surface area contributed by atoms with E-state index in [-0.39, 0.29) is 29.0 Å². The molecule has 29 heavy (non-hydrogen) atoms. The van der Waals surface area contributed by atoms with Crippen molar-refractivity contribution in [2.45, 2.75) is 25.2 Å². The summed E-state index contributed by atoms with van der Waals surface area (Å²) >= 11 is 0. The number of hydrogen-bond donors (Lipinski definition) is 1. The second-order valence-electron chi connectivity index (χ2n) is 6.40. The van der Waals surface area contributed by atoms with Crippen molar-refractivity contribution in [3.63, 3.8) is 0 Å². The molecule has 0 bridgehead atoms. The Morgan fingerprint density at radius 1 is 1.03 bits per heavy atom. The lowest BCUT2D eigenvalue weighted by Gasteiger charge is -2.22. The van der Waals surface area contributed by atoms with Crippen LogP contribution in [0, 0.1) is 0 Å². The van der Waals surface area contributed by atoms with Crippen molar-refractivity contribution in [3.05, 3.63) is 54.1 Å². The van der Waals surface area contributed by atoms with Crippen LogP contribution in [0.15, 0.2) is 53.4 Å². The van der Waals surface area contributed by atoms with Crippen LogP contribution in [0.2, 0.25) is 0 Å². The Hall–Kier alpha value is -2.87. The Labute approximate surface area is 171 Å². The number of nitrogens with one attached hydrogen (secondary N) is 1. The summed E-state index contributed by atoms with van der Waals surface area (Å²) in [6.45, 7) is 3.75. The fraction of sp³-hybridized carbons (Fsp3) is 0.333. The van der Waals surface area contributed by atoms with Gasteiger partial charge in [0.05, 0.1) is 23.4 Å². The second kappa shape index (κ2) is 10.1. The Kier molecular flexibility index (Phi) is 7.78. The minimum Gasteiger partial charge on any atom is -0.495 e. The van der Waals surface area contributed by atoms with Crippen molar-refractivity contribution in [1.29, 1.82) is 0 Å². The third-order valence-corrected chi connectivity index (χ3v) is 6.09. The average Bonchev–Trinajstić information content (AvgIpc) is 2.73. The Bertz CT molecular complexity index is 955. The summed E-state index contributed by atoms with van der Waals surface area (Å²) in [5.74, 6) is -0.156. The molecule has 1 N–H and O–H groups in total. The molecule has 0 fully saturated rings. The molecule has 0 saturated carbocycles. The summed E-state index contributed by atoms with van der Waals surface area (Å²) in [6.07, 6.45) is 0.677. The van der Waals surface area contributed by atoms with Gasteiger partial charge in [0.2, 0.25) is 5.91 Å². The first-order chi connectivity index (χ1) is 13.8. The van der Waals surface area contributed by atoms with E-state index in [9.17, 15) is 18.0 Å². The quantitative estimate of drug-likeness (QED) is 0.676. The van der Waals surface area contributed by atoms with Gasteiger partial charge in [0.1, 0.15) is 12.3 Å². The van der Waals surface area contributed by atoms with Crippen LogP contribution in [0.1, 0.15) is 30.6 Å². The maximum Gasteiger partial charge on any atom is 0.254 e. The standard InChI is InChI=1S/C21H26N2O5S/c1-4-14-23(15-20(24)22-18-8-6-7-9-19(18)28-3)21(25)16-10-12-17(13-11-16)29(26,27)5-2/h6-13H,4-5,14-15H2,1-3H3,(H,22,24). The van der Waals surface area contributed by atoms with E-state index in [4.69, 9.17) is 4.74 Å². The lowest BCUT2D eigenvalue weighted by molar-refractivity contribution is -0.116. The van der Waals surface area contributed by atoms with Gasteiger partial charge in [0, 0.05) is 12.1 Å². The third kappa shape index (κ3) is 5.80. The monoisotopic (exact) mass is 418 g/mol. The second-order valence-corrected chi connectivity index (χ2v) is 8.68. The van der Waals surface area contributed by atoms with Crippen molar-refractivity contribution in [2.75, 3.05) is 31.3 Å². The van der Waals surface area contributed by atoms with Gasteiger partial charge in [0.15, 0.2) is 9.84 Å². The van der Waals surface area contributed by atoms with Gasteiger partial charge >= 0.3 is 0 Å². The van der Waals surface area contributed by atoms with Crippen molar-refractivity contribution >= 4 is 27.3 Å². The maximum absolute atomic E-state index is 12.8. The molecule has 2 rings (SSSR count). The van der Waals surface area contributed by atoms with E-state index in [1.165, 1.54) is 36.3 Å². The van der Waals surface area contributed by atoms with Crippen LogP contribution >= 0.6 is 0 Å². The number of carbonyl (C=O) groups excluding carboxylic acids is 2. The highest BCUT2D eigenvalue weighted by atomic mass is 32.2. The number of nitrogens with zero attached hydrogens (tertiary/aromatic N) is 1. The molecule has 156 valence electrons. The van der Waals surface area contributed by atoms with Crippen LogP contribution in [0.3, 0.4) is 0 Å². The number of carbonyl (C=O) groups is 2. The van der Waals surface area contributed by atoms with Gasteiger partial charge in [-0.2, -0.15) is 0 Å². The zero-order chi connectivity index (χ0) is 21.4. The van der Waals surface area contributed by atoms with Crippen LogP contribution in [-0.4, -0.2) is 51.1 Å². The first kappa shape index (κ1) is 22.4. The van der Waals surface area contributed by atoms with Gasteiger partial charge in [-0.25, -0.2) is 8.42 Å². The van der Waals surface area contributed by atoms with Crippen LogP contribution in [0.4, 0.5) is 5.69 Å². The normalized spacial score (nSPS) is 11.0. The molecule has 2 amide bonds. The van der Waals surface area contributed by atoms with Gasteiger partial charge in [0.25, 0.3) is 5.91 Å². The van der Waals surface area contributed by atoms with E-state index >= 15 is 0 Å². The highest BCUT2D eigenvalue weighted by Gasteiger charge is 2.20. The zero-order valence-electron chi connectivity index (χ0n) is 16.8. The SMILES string of the molecule is CCCN(CC(=O)Nc1ccccc1OC)C(=O)c1ccc(S(=O)(=O)CC)cc1. The smallest absolute Gasteiger partial charge is 0.254 e. The fourth-order valence-corrected chi connectivity index (χ4v) is 3.67. The Morgan fingerprint density at radius 3 is 2.28 bits per heavy atom. The molecule has 0 aliphatic rings. The number of methoxy groups -OCH3 is 1. The number of ether oxygens (including phenoxy) is 1.